The van der Waals surface area contributed by atoms with Crippen molar-refractivity contribution in [2.75, 3.05) is 0 Å². The fourth-order valence-corrected chi connectivity index (χ4v) is 1.46. The summed E-state index contributed by atoms with van der Waals surface area (Å²) in [5, 5.41) is 9.99. The van der Waals surface area contributed by atoms with Gasteiger partial charge >= 0.3 is 0 Å². The second-order valence-corrected chi connectivity index (χ2v) is 3.22. The molecule has 16 heavy (non-hydrogen) atoms. The van der Waals surface area contributed by atoms with Gasteiger partial charge in [0.25, 0.3) is 0 Å². The lowest BCUT2D eigenvalue weighted by atomic mass is 10.0. The predicted octanol–water partition coefficient (Wildman–Crippen LogP) is 3.79. The van der Waals surface area contributed by atoms with E-state index < -0.39 is 6.10 Å². The zero-order valence-corrected chi connectivity index (χ0v) is 9.80. The zero-order valence-electron chi connectivity index (χ0n) is 9.80. The van der Waals surface area contributed by atoms with Gasteiger partial charge in [0.05, 0.1) is 0 Å². The van der Waals surface area contributed by atoms with Crippen LogP contribution in [0.2, 0.25) is 0 Å². The van der Waals surface area contributed by atoms with Crippen LogP contribution in [-0.4, -0.2) is 5.11 Å². The first-order valence-electron chi connectivity index (χ1n) is 5.66. The van der Waals surface area contributed by atoms with E-state index >= 15 is 0 Å². The Morgan fingerprint density at radius 1 is 0.688 bits per heavy atom. The largest absolute Gasteiger partial charge is 0.384 e. The van der Waals surface area contributed by atoms with Crippen LogP contribution in [-0.2, 0) is 0 Å². The summed E-state index contributed by atoms with van der Waals surface area (Å²) in [6.07, 6.45) is -0.516. The first-order chi connectivity index (χ1) is 7.88. The van der Waals surface area contributed by atoms with Crippen LogP contribution in [0.1, 0.15) is 31.1 Å². The maximum Gasteiger partial charge on any atom is 0.104 e. The molecule has 0 radical (unpaired) electrons. The minimum absolute atomic E-state index is 0.516. The average Bonchev–Trinajstić information content (AvgIpc) is 2.42. The Morgan fingerprint density at radius 2 is 1.00 bits per heavy atom. The fourth-order valence-electron chi connectivity index (χ4n) is 1.46. The molecule has 1 heteroatoms. The Bertz CT molecular complexity index is 341. The second kappa shape index (κ2) is 6.81. The smallest absolute Gasteiger partial charge is 0.104 e. The number of rotatable bonds is 2. The highest BCUT2D eigenvalue weighted by atomic mass is 16.3. The normalized spacial score (nSPS) is 9.50. The Morgan fingerprint density at radius 3 is 1.31 bits per heavy atom. The summed E-state index contributed by atoms with van der Waals surface area (Å²) in [7, 11) is 0. The third-order valence-electron chi connectivity index (χ3n) is 2.23. The summed E-state index contributed by atoms with van der Waals surface area (Å²) in [6, 6.07) is 19.3. The van der Waals surface area contributed by atoms with Crippen molar-refractivity contribution in [1.29, 1.82) is 0 Å². The standard InChI is InChI=1S/C13H12O.C2H6/c14-13(11-7-3-1-4-8-11)12-9-5-2-6-10-12;1-2/h1-10,13-14H;1-2H3. The molecule has 0 amide bonds. The molecule has 0 saturated carbocycles. The molecule has 0 saturated heterocycles. The van der Waals surface area contributed by atoms with Gasteiger partial charge in [0.15, 0.2) is 0 Å². The van der Waals surface area contributed by atoms with Gasteiger partial charge < -0.3 is 5.11 Å². The van der Waals surface area contributed by atoms with Crippen LogP contribution >= 0.6 is 0 Å². The van der Waals surface area contributed by atoms with Crippen molar-refractivity contribution in [2.45, 2.75) is 20.0 Å². The third kappa shape index (κ3) is 3.21. The van der Waals surface area contributed by atoms with Crippen LogP contribution in [0.3, 0.4) is 0 Å². The molecular weight excluding hydrogens is 196 g/mol. The quantitative estimate of drug-likeness (QED) is 0.806. The first kappa shape index (κ1) is 12.5. The number of hydrogen-bond acceptors (Lipinski definition) is 1. The molecule has 1 nitrogen and oxygen atoms in total. The molecule has 2 aromatic carbocycles. The van der Waals surface area contributed by atoms with Crippen LogP contribution in [0, 0.1) is 0 Å². The van der Waals surface area contributed by atoms with Gasteiger partial charge in [0.1, 0.15) is 6.10 Å². The molecule has 0 atom stereocenters. The molecular formula is C15H18O. The van der Waals surface area contributed by atoms with Gasteiger partial charge in [-0.15, -0.1) is 0 Å². The van der Waals surface area contributed by atoms with Gasteiger partial charge in [-0.25, -0.2) is 0 Å². The third-order valence-corrected chi connectivity index (χ3v) is 2.23. The van der Waals surface area contributed by atoms with Crippen molar-refractivity contribution in [1.82, 2.24) is 0 Å². The van der Waals surface area contributed by atoms with E-state index in [1.165, 1.54) is 0 Å². The van der Waals surface area contributed by atoms with E-state index in [-0.39, 0.29) is 0 Å². The molecule has 0 aliphatic rings. The maximum atomic E-state index is 9.99. The second-order valence-electron chi connectivity index (χ2n) is 3.22. The molecule has 1 N–H and O–H groups in total. The summed E-state index contributed by atoms with van der Waals surface area (Å²) < 4.78 is 0. The summed E-state index contributed by atoms with van der Waals surface area (Å²) in [6.45, 7) is 4.00. The first-order valence-corrected chi connectivity index (χ1v) is 5.66. The monoisotopic (exact) mass is 214 g/mol. The van der Waals surface area contributed by atoms with E-state index in [1.807, 2.05) is 74.5 Å². The van der Waals surface area contributed by atoms with Crippen LogP contribution in [0.4, 0.5) is 0 Å². The highest BCUT2D eigenvalue weighted by Gasteiger charge is 2.07. The Hall–Kier alpha value is -1.60. The molecule has 0 unspecified atom stereocenters. The van der Waals surface area contributed by atoms with Gasteiger partial charge in [-0.2, -0.15) is 0 Å². The molecule has 2 rings (SSSR count). The van der Waals surface area contributed by atoms with Crippen LogP contribution in [0.25, 0.3) is 0 Å². The molecule has 0 bridgehead atoms. The van der Waals surface area contributed by atoms with Crippen LogP contribution in [0.5, 0.6) is 0 Å². The summed E-state index contributed by atoms with van der Waals surface area (Å²) in [5.74, 6) is 0. The fraction of sp³-hybridized carbons (Fsp3) is 0.200. The topological polar surface area (TPSA) is 20.2 Å². The van der Waals surface area contributed by atoms with Crippen LogP contribution < -0.4 is 0 Å². The summed E-state index contributed by atoms with van der Waals surface area (Å²) in [4.78, 5) is 0. The van der Waals surface area contributed by atoms with Gasteiger partial charge in [0.2, 0.25) is 0 Å². The molecule has 0 heterocycles. The number of aliphatic hydroxyl groups excluding tert-OH is 1. The van der Waals surface area contributed by atoms with E-state index in [1.54, 1.807) is 0 Å². The molecule has 0 aliphatic heterocycles. The average molecular weight is 214 g/mol. The number of hydrogen-bond donors (Lipinski definition) is 1. The van der Waals surface area contributed by atoms with Gasteiger partial charge in [-0.1, -0.05) is 74.5 Å². The Kier molecular flexibility index (Phi) is 5.30. The van der Waals surface area contributed by atoms with Crippen LogP contribution in [0.15, 0.2) is 60.7 Å². The van der Waals surface area contributed by atoms with Gasteiger partial charge in [0, 0.05) is 0 Å². The maximum absolute atomic E-state index is 9.99. The Balaban J connectivity index is 0.000000606. The molecule has 0 aliphatic carbocycles. The van der Waals surface area contributed by atoms with Crippen molar-refractivity contribution < 1.29 is 5.11 Å². The van der Waals surface area contributed by atoms with Gasteiger partial charge in [-0.3, -0.25) is 0 Å². The summed E-state index contributed by atoms with van der Waals surface area (Å²) >= 11 is 0. The molecule has 0 aromatic heterocycles. The Labute approximate surface area is 97.4 Å². The van der Waals surface area contributed by atoms with Crippen molar-refractivity contribution in [3.8, 4) is 0 Å². The molecule has 0 spiro atoms. The minimum Gasteiger partial charge on any atom is -0.384 e. The van der Waals surface area contributed by atoms with E-state index in [4.69, 9.17) is 0 Å². The van der Waals surface area contributed by atoms with E-state index in [0.717, 1.165) is 11.1 Å². The summed E-state index contributed by atoms with van der Waals surface area (Å²) in [5.41, 5.74) is 1.86. The van der Waals surface area contributed by atoms with Crippen molar-refractivity contribution in [3.63, 3.8) is 0 Å². The molecule has 84 valence electrons. The van der Waals surface area contributed by atoms with Crippen molar-refractivity contribution in [2.24, 2.45) is 0 Å². The number of aliphatic hydroxyl groups is 1. The highest BCUT2D eigenvalue weighted by Crippen LogP contribution is 2.20. The van der Waals surface area contributed by atoms with Gasteiger partial charge in [-0.05, 0) is 11.1 Å². The highest BCUT2D eigenvalue weighted by molar-refractivity contribution is 5.29. The van der Waals surface area contributed by atoms with E-state index in [0.29, 0.717) is 0 Å². The lowest BCUT2D eigenvalue weighted by molar-refractivity contribution is 0.220. The molecule has 2 aromatic rings. The minimum atomic E-state index is -0.516. The molecule has 0 fully saturated rings. The van der Waals surface area contributed by atoms with E-state index in [2.05, 4.69) is 0 Å². The van der Waals surface area contributed by atoms with Crippen molar-refractivity contribution >= 4 is 0 Å². The SMILES string of the molecule is CC.OC(c1ccccc1)c1ccccc1. The number of benzene rings is 2. The zero-order chi connectivity index (χ0) is 11.8. The lowest BCUT2D eigenvalue weighted by Gasteiger charge is -2.10. The lowest BCUT2D eigenvalue weighted by Crippen LogP contribution is -1.98. The van der Waals surface area contributed by atoms with Crippen molar-refractivity contribution in [3.05, 3.63) is 71.8 Å². The van der Waals surface area contributed by atoms with E-state index in [9.17, 15) is 5.11 Å². The predicted molar refractivity (Wildman–Crippen MR) is 68.3 cm³/mol.